The van der Waals surface area contributed by atoms with Gasteiger partial charge in [0.1, 0.15) is 0 Å². The molecule has 2 atom stereocenters. The molecule has 0 aliphatic carbocycles. The molecular weight excluding hydrogens is 398 g/mol. The second kappa shape index (κ2) is 8.62. The molecule has 0 fully saturated rings. The highest BCUT2D eigenvalue weighted by molar-refractivity contribution is 8.00. The van der Waals surface area contributed by atoms with Crippen molar-refractivity contribution in [1.82, 2.24) is 9.55 Å². The van der Waals surface area contributed by atoms with E-state index in [0.717, 1.165) is 12.1 Å². The van der Waals surface area contributed by atoms with Gasteiger partial charge in [-0.05, 0) is 44.0 Å². The van der Waals surface area contributed by atoms with Gasteiger partial charge in [0.2, 0.25) is 5.91 Å². The summed E-state index contributed by atoms with van der Waals surface area (Å²) in [7, 11) is 1.61. The molecule has 0 saturated carbocycles. The van der Waals surface area contributed by atoms with Crippen LogP contribution in [-0.2, 0) is 16.0 Å². The van der Waals surface area contributed by atoms with Crippen LogP contribution in [0.15, 0.2) is 58.5 Å². The highest BCUT2D eigenvalue weighted by Crippen LogP contribution is 2.32. The maximum absolute atomic E-state index is 13.2. The normalized spacial score (nSPS) is 15.2. The van der Waals surface area contributed by atoms with Gasteiger partial charge in [0.25, 0.3) is 5.56 Å². The third-order valence-electron chi connectivity index (χ3n) is 5.41. The average Bonchev–Trinajstić information content (AvgIpc) is 3.17. The summed E-state index contributed by atoms with van der Waals surface area (Å²) in [6.45, 7) is 4.87. The van der Waals surface area contributed by atoms with Crippen LogP contribution >= 0.6 is 11.8 Å². The van der Waals surface area contributed by atoms with E-state index in [4.69, 9.17) is 9.72 Å². The van der Waals surface area contributed by atoms with Crippen molar-refractivity contribution in [1.29, 1.82) is 0 Å². The standard InChI is InChI=1S/C23H25N3O3S/c1-15(14-29-3)26-22(28)18-9-5-6-10-19(18)24-23(26)30-16(2)21(27)25-13-12-17-8-4-7-11-20(17)25/h4-11,15-16H,12-14H2,1-3H3/t15-,16-/m1/s1. The van der Waals surface area contributed by atoms with E-state index in [2.05, 4.69) is 6.07 Å². The zero-order valence-electron chi connectivity index (χ0n) is 17.4. The number of rotatable bonds is 6. The van der Waals surface area contributed by atoms with Crippen LogP contribution < -0.4 is 10.5 Å². The molecule has 7 heteroatoms. The highest BCUT2D eigenvalue weighted by atomic mass is 32.2. The molecule has 0 bridgehead atoms. The Morgan fingerprint density at radius 3 is 2.70 bits per heavy atom. The Labute approximate surface area is 179 Å². The summed E-state index contributed by atoms with van der Waals surface area (Å²) in [5.74, 6) is 0.0262. The molecule has 0 spiro atoms. The van der Waals surface area contributed by atoms with Crippen LogP contribution in [0, 0.1) is 0 Å². The fraction of sp³-hybridized carbons (Fsp3) is 0.348. The molecule has 1 aliphatic rings. The van der Waals surface area contributed by atoms with Crippen molar-refractivity contribution in [3.8, 4) is 0 Å². The van der Waals surface area contributed by atoms with Gasteiger partial charge in [-0.25, -0.2) is 4.98 Å². The second-order valence-corrected chi connectivity index (χ2v) is 8.83. The van der Waals surface area contributed by atoms with Gasteiger partial charge in [-0.1, -0.05) is 42.1 Å². The molecule has 156 valence electrons. The smallest absolute Gasteiger partial charge is 0.262 e. The first-order valence-electron chi connectivity index (χ1n) is 10.1. The first kappa shape index (κ1) is 20.6. The van der Waals surface area contributed by atoms with Gasteiger partial charge in [-0.2, -0.15) is 0 Å². The Kier molecular flexibility index (Phi) is 5.92. The number of benzene rings is 2. The molecule has 1 aliphatic heterocycles. The topological polar surface area (TPSA) is 64.4 Å². The largest absolute Gasteiger partial charge is 0.383 e. The molecular formula is C23H25N3O3S. The van der Waals surface area contributed by atoms with Crippen LogP contribution in [0.25, 0.3) is 10.9 Å². The predicted octanol–water partition coefficient (Wildman–Crippen LogP) is 3.67. The number of para-hydroxylation sites is 2. The monoisotopic (exact) mass is 423 g/mol. The summed E-state index contributed by atoms with van der Waals surface area (Å²) >= 11 is 1.33. The maximum Gasteiger partial charge on any atom is 0.262 e. The molecule has 3 aromatic rings. The van der Waals surface area contributed by atoms with Crippen LogP contribution in [0.1, 0.15) is 25.5 Å². The number of ether oxygens (including phenoxy) is 1. The van der Waals surface area contributed by atoms with Gasteiger partial charge >= 0.3 is 0 Å². The van der Waals surface area contributed by atoms with E-state index in [9.17, 15) is 9.59 Å². The van der Waals surface area contributed by atoms with Crippen molar-refractivity contribution in [2.45, 2.75) is 36.7 Å². The Morgan fingerprint density at radius 2 is 1.90 bits per heavy atom. The number of carbonyl (C=O) groups excluding carboxylic acids is 1. The van der Waals surface area contributed by atoms with Gasteiger partial charge < -0.3 is 9.64 Å². The lowest BCUT2D eigenvalue weighted by atomic mass is 10.2. The van der Waals surface area contributed by atoms with Crippen molar-refractivity contribution < 1.29 is 9.53 Å². The van der Waals surface area contributed by atoms with Gasteiger partial charge in [-0.15, -0.1) is 0 Å². The van der Waals surface area contributed by atoms with Gasteiger partial charge in [0.05, 0.1) is 28.8 Å². The summed E-state index contributed by atoms with van der Waals surface area (Å²) in [5.41, 5.74) is 2.69. The zero-order chi connectivity index (χ0) is 21.3. The number of methoxy groups -OCH3 is 1. The fourth-order valence-electron chi connectivity index (χ4n) is 3.91. The number of amides is 1. The molecule has 1 amide bonds. The number of hydrogen-bond donors (Lipinski definition) is 0. The summed E-state index contributed by atoms with van der Waals surface area (Å²) in [5, 5.41) is 0.721. The van der Waals surface area contributed by atoms with E-state index in [1.807, 2.05) is 55.1 Å². The molecule has 2 aromatic carbocycles. The molecule has 0 radical (unpaired) electrons. The summed E-state index contributed by atoms with van der Waals surface area (Å²) in [6, 6.07) is 15.1. The lowest BCUT2D eigenvalue weighted by Gasteiger charge is -2.23. The van der Waals surface area contributed by atoms with Crippen LogP contribution in [0.4, 0.5) is 5.69 Å². The molecule has 1 aromatic heterocycles. The van der Waals surface area contributed by atoms with Crippen molar-refractivity contribution in [2.75, 3.05) is 25.2 Å². The van der Waals surface area contributed by atoms with Gasteiger partial charge in [0, 0.05) is 19.3 Å². The minimum atomic E-state index is -0.384. The minimum Gasteiger partial charge on any atom is -0.383 e. The number of nitrogens with zero attached hydrogens (tertiary/aromatic N) is 3. The average molecular weight is 424 g/mol. The Bertz CT molecular complexity index is 1140. The Balaban J connectivity index is 1.68. The van der Waals surface area contributed by atoms with Crippen LogP contribution in [0.5, 0.6) is 0 Å². The van der Waals surface area contributed by atoms with E-state index in [0.29, 0.717) is 29.2 Å². The quantitative estimate of drug-likeness (QED) is 0.447. The predicted molar refractivity (Wildman–Crippen MR) is 120 cm³/mol. The van der Waals surface area contributed by atoms with Gasteiger partial charge in [0.15, 0.2) is 5.16 Å². The van der Waals surface area contributed by atoms with E-state index >= 15 is 0 Å². The molecule has 0 unspecified atom stereocenters. The first-order valence-corrected chi connectivity index (χ1v) is 11.0. The minimum absolute atomic E-state index is 0.0262. The maximum atomic E-state index is 13.2. The van der Waals surface area contributed by atoms with Crippen LogP contribution in [-0.4, -0.2) is 41.0 Å². The number of aromatic nitrogens is 2. The van der Waals surface area contributed by atoms with Crippen LogP contribution in [0.3, 0.4) is 0 Å². The molecule has 30 heavy (non-hydrogen) atoms. The molecule has 2 heterocycles. The highest BCUT2D eigenvalue weighted by Gasteiger charge is 2.29. The summed E-state index contributed by atoms with van der Waals surface area (Å²) < 4.78 is 6.93. The van der Waals surface area contributed by atoms with Crippen molar-refractivity contribution in [2.24, 2.45) is 0 Å². The number of anilines is 1. The summed E-state index contributed by atoms with van der Waals surface area (Å²) in [4.78, 5) is 33.0. The number of fused-ring (bicyclic) bond motifs is 2. The summed E-state index contributed by atoms with van der Waals surface area (Å²) in [6.07, 6.45) is 0.864. The van der Waals surface area contributed by atoms with Crippen molar-refractivity contribution >= 4 is 34.3 Å². The van der Waals surface area contributed by atoms with Crippen molar-refractivity contribution in [3.63, 3.8) is 0 Å². The Hall–Kier alpha value is -2.64. The van der Waals surface area contributed by atoms with Crippen LogP contribution in [0.2, 0.25) is 0 Å². The molecule has 4 rings (SSSR count). The second-order valence-electron chi connectivity index (χ2n) is 7.52. The first-order chi connectivity index (χ1) is 14.5. The molecule has 0 saturated heterocycles. The van der Waals surface area contributed by atoms with E-state index in [-0.39, 0.29) is 22.8 Å². The zero-order valence-corrected chi connectivity index (χ0v) is 18.2. The fourth-order valence-corrected chi connectivity index (χ4v) is 4.98. The molecule has 0 N–H and O–H groups in total. The number of carbonyl (C=O) groups is 1. The Morgan fingerprint density at radius 1 is 1.17 bits per heavy atom. The SMILES string of the molecule is COC[C@@H](C)n1c(S[C@H](C)C(=O)N2CCc3ccccc32)nc2ccccc2c1=O. The lowest BCUT2D eigenvalue weighted by molar-refractivity contribution is -0.117. The third-order valence-corrected chi connectivity index (χ3v) is 6.46. The number of hydrogen-bond acceptors (Lipinski definition) is 5. The molecule has 6 nitrogen and oxygen atoms in total. The third kappa shape index (κ3) is 3.75. The van der Waals surface area contributed by atoms with Crippen molar-refractivity contribution in [3.05, 3.63) is 64.4 Å². The van der Waals surface area contributed by atoms with E-state index < -0.39 is 0 Å². The van der Waals surface area contributed by atoms with E-state index in [1.165, 1.54) is 17.3 Å². The lowest BCUT2D eigenvalue weighted by Crippen LogP contribution is -2.36. The number of thioether (sulfide) groups is 1. The van der Waals surface area contributed by atoms with Gasteiger partial charge in [-0.3, -0.25) is 14.2 Å². The van der Waals surface area contributed by atoms with E-state index in [1.54, 1.807) is 17.7 Å².